The lowest BCUT2D eigenvalue weighted by atomic mass is 10.2. The van der Waals surface area contributed by atoms with Crippen molar-refractivity contribution in [1.29, 1.82) is 0 Å². The van der Waals surface area contributed by atoms with Gasteiger partial charge in [-0.25, -0.2) is 9.37 Å². The average molecular weight is 236 g/mol. The van der Waals surface area contributed by atoms with Crippen molar-refractivity contribution in [2.24, 2.45) is 0 Å². The number of halogens is 3. The van der Waals surface area contributed by atoms with E-state index in [1.807, 2.05) is 0 Å². The SMILES string of the molecule is O=[C]NC(=O)c1cnc(Cl)c(F)c1Cl. The van der Waals surface area contributed by atoms with Gasteiger partial charge in [0.05, 0.1) is 10.6 Å². The Morgan fingerprint density at radius 1 is 1.57 bits per heavy atom. The van der Waals surface area contributed by atoms with E-state index in [2.05, 4.69) is 4.98 Å². The molecule has 1 radical (unpaired) electrons. The van der Waals surface area contributed by atoms with Gasteiger partial charge in [-0.3, -0.25) is 14.9 Å². The van der Waals surface area contributed by atoms with Crippen LogP contribution in [0.3, 0.4) is 0 Å². The van der Waals surface area contributed by atoms with Crippen molar-refractivity contribution in [1.82, 2.24) is 10.3 Å². The second-order valence-electron chi connectivity index (χ2n) is 2.15. The van der Waals surface area contributed by atoms with Crippen molar-refractivity contribution >= 4 is 35.5 Å². The highest BCUT2D eigenvalue weighted by Gasteiger charge is 2.16. The third kappa shape index (κ3) is 2.00. The summed E-state index contributed by atoms with van der Waals surface area (Å²) >= 11 is 10.7. The Kier molecular flexibility index (Phi) is 3.38. The number of nitrogens with one attached hydrogen (secondary N) is 1. The summed E-state index contributed by atoms with van der Waals surface area (Å²) in [5.41, 5.74) is -0.281. The Morgan fingerprint density at radius 3 is 2.79 bits per heavy atom. The van der Waals surface area contributed by atoms with E-state index < -0.39 is 21.9 Å². The molecule has 0 saturated heterocycles. The van der Waals surface area contributed by atoms with Crippen LogP contribution in [0.25, 0.3) is 0 Å². The van der Waals surface area contributed by atoms with Gasteiger partial charge in [-0.15, -0.1) is 0 Å². The Labute approximate surface area is 88.0 Å². The average Bonchev–Trinajstić information content (AvgIpc) is 2.15. The van der Waals surface area contributed by atoms with Crippen molar-refractivity contribution in [2.45, 2.75) is 0 Å². The molecule has 1 aromatic rings. The smallest absolute Gasteiger partial charge is 0.284 e. The lowest BCUT2D eigenvalue weighted by molar-refractivity contribution is 0.0975. The number of nitrogens with zero attached hydrogens (tertiary/aromatic N) is 1. The maximum absolute atomic E-state index is 13.0. The molecule has 0 saturated carbocycles. The van der Waals surface area contributed by atoms with E-state index in [4.69, 9.17) is 23.2 Å². The van der Waals surface area contributed by atoms with E-state index >= 15 is 0 Å². The van der Waals surface area contributed by atoms with Crippen LogP contribution in [0.4, 0.5) is 4.39 Å². The fourth-order valence-electron chi connectivity index (χ4n) is 0.715. The quantitative estimate of drug-likeness (QED) is 0.622. The second-order valence-corrected chi connectivity index (χ2v) is 2.88. The first-order valence-electron chi connectivity index (χ1n) is 3.25. The molecule has 1 heterocycles. The van der Waals surface area contributed by atoms with Gasteiger partial charge >= 0.3 is 6.41 Å². The molecule has 0 aliphatic heterocycles. The molecule has 0 aliphatic rings. The minimum atomic E-state index is -1.01. The second kappa shape index (κ2) is 4.34. The molecule has 73 valence electrons. The lowest BCUT2D eigenvalue weighted by Crippen LogP contribution is -2.22. The number of rotatable bonds is 2. The molecule has 1 N–H and O–H groups in total. The van der Waals surface area contributed by atoms with Crippen molar-refractivity contribution in [2.75, 3.05) is 0 Å². The van der Waals surface area contributed by atoms with Crippen LogP contribution in [-0.2, 0) is 4.79 Å². The maximum Gasteiger partial charge on any atom is 0.316 e. The molecule has 0 bridgehead atoms. The zero-order chi connectivity index (χ0) is 10.7. The molecular formula is C7H2Cl2FN2O2. The number of hydrogen-bond donors (Lipinski definition) is 1. The summed E-state index contributed by atoms with van der Waals surface area (Å²) in [5, 5.41) is 0.740. The fourth-order valence-corrected chi connectivity index (χ4v) is 1.13. The molecular weight excluding hydrogens is 234 g/mol. The Balaban J connectivity index is 3.17. The molecule has 1 rings (SSSR count). The highest BCUT2D eigenvalue weighted by atomic mass is 35.5. The number of imide groups is 1. The van der Waals surface area contributed by atoms with Crippen LogP contribution in [0.2, 0.25) is 10.2 Å². The minimum absolute atomic E-state index is 0.281. The van der Waals surface area contributed by atoms with Crippen LogP contribution in [-0.4, -0.2) is 17.3 Å². The van der Waals surface area contributed by atoms with E-state index in [1.54, 1.807) is 5.32 Å². The Hall–Kier alpha value is -1.20. The predicted molar refractivity (Wildman–Crippen MR) is 47.4 cm³/mol. The number of carbonyl (C=O) groups excluding carboxylic acids is 2. The van der Waals surface area contributed by atoms with Crippen LogP contribution >= 0.6 is 23.2 Å². The summed E-state index contributed by atoms with van der Waals surface area (Å²) in [7, 11) is 0. The van der Waals surface area contributed by atoms with E-state index in [-0.39, 0.29) is 5.56 Å². The van der Waals surface area contributed by atoms with E-state index in [9.17, 15) is 14.0 Å². The van der Waals surface area contributed by atoms with Gasteiger partial charge in [-0.05, 0) is 0 Å². The molecule has 0 spiro atoms. The Bertz CT molecular complexity index is 398. The van der Waals surface area contributed by atoms with E-state index in [0.717, 1.165) is 12.6 Å². The first-order chi connectivity index (χ1) is 6.57. The number of aromatic nitrogens is 1. The van der Waals surface area contributed by atoms with Gasteiger partial charge in [-0.1, -0.05) is 23.2 Å². The van der Waals surface area contributed by atoms with Gasteiger partial charge in [0, 0.05) is 6.20 Å². The molecule has 1 aromatic heterocycles. The summed E-state index contributed by atoms with van der Waals surface area (Å²) < 4.78 is 13.0. The number of hydrogen-bond acceptors (Lipinski definition) is 3. The molecule has 2 amide bonds. The standard InChI is InChI=1S/C7H2Cl2FN2O2/c8-4-3(7(14)12-2-13)1-11-6(9)5(4)10/h1H,(H,12,13,14). The summed E-state index contributed by atoms with van der Waals surface area (Å²) in [4.78, 5) is 24.2. The van der Waals surface area contributed by atoms with Crippen molar-refractivity contribution in [3.8, 4) is 0 Å². The van der Waals surface area contributed by atoms with Crippen LogP contribution in [0, 0.1) is 5.82 Å². The molecule has 7 heteroatoms. The summed E-state index contributed by atoms with van der Waals surface area (Å²) in [6, 6.07) is 0. The van der Waals surface area contributed by atoms with Crippen molar-refractivity contribution < 1.29 is 14.0 Å². The zero-order valence-electron chi connectivity index (χ0n) is 6.47. The predicted octanol–water partition coefficient (Wildman–Crippen LogP) is 1.32. The van der Waals surface area contributed by atoms with Gasteiger partial charge in [0.15, 0.2) is 11.0 Å². The monoisotopic (exact) mass is 235 g/mol. The third-order valence-corrected chi connectivity index (χ3v) is 1.96. The lowest BCUT2D eigenvalue weighted by Gasteiger charge is -2.02. The summed E-state index contributed by atoms with van der Waals surface area (Å²) in [5.74, 6) is -1.90. The molecule has 4 nitrogen and oxygen atoms in total. The van der Waals surface area contributed by atoms with Crippen LogP contribution in [0.15, 0.2) is 6.20 Å². The molecule has 0 unspecified atom stereocenters. The van der Waals surface area contributed by atoms with Gasteiger partial charge in [-0.2, -0.15) is 0 Å². The number of carbonyl (C=O) groups is 1. The molecule has 0 fully saturated rings. The largest absolute Gasteiger partial charge is 0.316 e. The highest BCUT2D eigenvalue weighted by molar-refractivity contribution is 6.36. The van der Waals surface area contributed by atoms with Crippen LogP contribution < -0.4 is 5.32 Å². The van der Waals surface area contributed by atoms with E-state index in [1.165, 1.54) is 0 Å². The number of pyridine rings is 1. The zero-order valence-corrected chi connectivity index (χ0v) is 7.99. The van der Waals surface area contributed by atoms with Gasteiger partial charge < -0.3 is 0 Å². The van der Waals surface area contributed by atoms with Gasteiger partial charge in [0.1, 0.15) is 0 Å². The third-order valence-electron chi connectivity index (χ3n) is 1.33. The first-order valence-corrected chi connectivity index (χ1v) is 4.00. The highest BCUT2D eigenvalue weighted by Crippen LogP contribution is 2.23. The van der Waals surface area contributed by atoms with Gasteiger partial charge in [0.25, 0.3) is 5.91 Å². The summed E-state index contributed by atoms with van der Waals surface area (Å²) in [6.07, 6.45) is 2.09. The van der Waals surface area contributed by atoms with Crippen LogP contribution in [0.1, 0.15) is 10.4 Å². The van der Waals surface area contributed by atoms with Crippen molar-refractivity contribution in [3.05, 3.63) is 27.8 Å². The summed E-state index contributed by atoms with van der Waals surface area (Å²) in [6.45, 7) is 0. The normalized spacial score (nSPS) is 9.64. The molecule has 0 atom stereocenters. The molecule has 14 heavy (non-hydrogen) atoms. The minimum Gasteiger partial charge on any atom is -0.284 e. The molecule has 0 aliphatic carbocycles. The Morgan fingerprint density at radius 2 is 2.21 bits per heavy atom. The number of amides is 2. The van der Waals surface area contributed by atoms with Crippen LogP contribution in [0.5, 0.6) is 0 Å². The van der Waals surface area contributed by atoms with E-state index in [0.29, 0.717) is 0 Å². The topological polar surface area (TPSA) is 59.1 Å². The first kappa shape index (κ1) is 10.9. The molecule has 0 aromatic carbocycles. The van der Waals surface area contributed by atoms with Gasteiger partial charge in [0.2, 0.25) is 0 Å². The fraction of sp³-hybridized carbons (Fsp3) is 0. The maximum atomic E-state index is 13.0. The van der Waals surface area contributed by atoms with Crippen molar-refractivity contribution in [3.63, 3.8) is 0 Å².